The molecule has 0 radical (unpaired) electrons. The summed E-state index contributed by atoms with van der Waals surface area (Å²) in [7, 11) is 1.78. The Hall–Kier alpha value is -0.120. The number of hydrogen-bond donors (Lipinski definition) is 1. The molecule has 0 aromatic heterocycles. The monoisotopic (exact) mass is 228 g/mol. The molecule has 1 N–H and O–H groups in total. The second-order valence-corrected chi connectivity index (χ2v) is 4.77. The number of ether oxygens (including phenoxy) is 1. The maximum absolute atomic E-state index is 5.06. The highest BCUT2D eigenvalue weighted by atomic mass is 16.5. The molecule has 1 fully saturated rings. The lowest BCUT2D eigenvalue weighted by molar-refractivity contribution is 0.188. The first-order chi connectivity index (χ1) is 7.86. The molecule has 1 saturated heterocycles. The number of nitrogens with zero attached hydrogens (tertiary/aromatic N) is 1. The van der Waals surface area contributed by atoms with Crippen LogP contribution in [0.1, 0.15) is 39.0 Å². The number of rotatable bonds is 7. The molecule has 0 saturated carbocycles. The van der Waals surface area contributed by atoms with Gasteiger partial charge in [-0.1, -0.05) is 6.92 Å². The van der Waals surface area contributed by atoms with Crippen molar-refractivity contribution in [3.8, 4) is 0 Å². The smallest absolute Gasteiger partial charge is 0.0462 e. The van der Waals surface area contributed by atoms with Gasteiger partial charge in [0.15, 0.2) is 0 Å². The lowest BCUT2D eigenvalue weighted by Gasteiger charge is -2.23. The Balaban J connectivity index is 2.09. The highest BCUT2D eigenvalue weighted by Gasteiger charge is 2.15. The summed E-state index contributed by atoms with van der Waals surface area (Å²) in [5, 5.41) is 3.61. The summed E-state index contributed by atoms with van der Waals surface area (Å²) in [6.45, 7) is 8.16. The summed E-state index contributed by atoms with van der Waals surface area (Å²) in [6.07, 6.45) is 6.38. The first-order valence-corrected chi connectivity index (χ1v) is 6.81. The summed E-state index contributed by atoms with van der Waals surface area (Å²) in [5.74, 6) is 0. The first-order valence-electron chi connectivity index (χ1n) is 6.81. The molecule has 0 bridgehead atoms. The molecule has 3 heteroatoms. The van der Waals surface area contributed by atoms with Gasteiger partial charge in [-0.3, -0.25) is 0 Å². The van der Waals surface area contributed by atoms with E-state index in [0.717, 1.165) is 6.61 Å². The average molecular weight is 228 g/mol. The SMILES string of the molecule is CCC1CN(CCCCCOC)CCCN1. The molecular weight excluding hydrogens is 200 g/mol. The predicted octanol–water partition coefficient (Wildman–Crippen LogP) is 1.88. The van der Waals surface area contributed by atoms with Crippen LogP contribution >= 0.6 is 0 Å². The quantitative estimate of drug-likeness (QED) is 0.673. The van der Waals surface area contributed by atoms with Crippen LogP contribution in [0.3, 0.4) is 0 Å². The Bertz CT molecular complexity index is 164. The van der Waals surface area contributed by atoms with Crippen molar-refractivity contribution in [1.82, 2.24) is 10.2 Å². The van der Waals surface area contributed by atoms with E-state index in [1.807, 2.05) is 0 Å². The van der Waals surface area contributed by atoms with Crippen molar-refractivity contribution in [1.29, 1.82) is 0 Å². The minimum Gasteiger partial charge on any atom is -0.385 e. The summed E-state index contributed by atoms with van der Waals surface area (Å²) >= 11 is 0. The van der Waals surface area contributed by atoms with Gasteiger partial charge in [0.2, 0.25) is 0 Å². The lowest BCUT2D eigenvalue weighted by Crippen LogP contribution is -2.37. The first kappa shape index (κ1) is 13.9. The third-order valence-electron chi connectivity index (χ3n) is 3.38. The lowest BCUT2D eigenvalue weighted by atomic mass is 10.2. The fourth-order valence-electron chi connectivity index (χ4n) is 2.31. The van der Waals surface area contributed by atoms with E-state index in [1.165, 1.54) is 58.3 Å². The van der Waals surface area contributed by atoms with Gasteiger partial charge >= 0.3 is 0 Å². The number of unbranched alkanes of at least 4 members (excludes halogenated alkanes) is 2. The summed E-state index contributed by atoms with van der Waals surface area (Å²) < 4.78 is 5.06. The van der Waals surface area contributed by atoms with Gasteiger partial charge in [0.1, 0.15) is 0 Å². The standard InChI is InChI=1S/C13H28N2O/c1-3-13-12-15(10-7-8-14-13)9-5-4-6-11-16-2/h13-14H,3-12H2,1-2H3. The summed E-state index contributed by atoms with van der Waals surface area (Å²) in [5.41, 5.74) is 0. The van der Waals surface area contributed by atoms with Gasteiger partial charge in [-0.2, -0.15) is 0 Å². The third-order valence-corrected chi connectivity index (χ3v) is 3.38. The molecule has 0 spiro atoms. The van der Waals surface area contributed by atoms with E-state index in [0.29, 0.717) is 6.04 Å². The molecule has 1 aliphatic rings. The van der Waals surface area contributed by atoms with Crippen LogP contribution < -0.4 is 5.32 Å². The van der Waals surface area contributed by atoms with Gasteiger partial charge in [0.25, 0.3) is 0 Å². The molecule has 1 unspecified atom stereocenters. The zero-order valence-electron chi connectivity index (χ0n) is 11.0. The van der Waals surface area contributed by atoms with Gasteiger partial charge in [-0.25, -0.2) is 0 Å². The van der Waals surface area contributed by atoms with E-state index in [4.69, 9.17) is 4.74 Å². The van der Waals surface area contributed by atoms with Crippen molar-refractivity contribution in [2.75, 3.05) is 39.9 Å². The molecule has 1 heterocycles. The van der Waals surface area contributed by atoms with Crippen LogP contribution in [0.25, 0.3) is 0 Å². The molecule has 3 nitrogen and oxygen atoms in total. The fraction of sp³-hybridized carbons (Fsp3) is 1.00. The van der Waals surface area contributed by atoms with Gasteiger partial charge in [-0.15, -0.1) is 0 Å². The third kappa shape index (κ3) is 5.83. The van der Waals surface area contributed by atoms with Crippen molar-refractivity contribution in [2.45, 2.75) is 45.1 Å². The molecular formula is C13H28N2O. The van der Waals surface area contributed by atoms with Crippen LogP contribution in [-0.4, -0.2) is 50.8 Å². The average Bonchev–Trinajstić information content (AvgIpc) is 2.54. The van der Waals surface area contributed by atoms with Crippen molar-refractivity contribution in [2.24, 2.45) is 0 Å². The van der Waals surface area contributed by atoms with E-state index in [1.54, 1.807) is 7.11 Å². The predicted molar refractivity (Wildman–Crippen MR) is 68.9 cm³/mol. The van der Waals surface area contributed by atoms with Crippen LogP contribution in [0, 0.1) is 0 Å². The van der Waals surface area contributed by atoms with E-state index < -0.39 is 0 Å². The maximum atomic E-state index is 5.06. The molecule has 0 aromatic rings. The van der Waals surface area contributed by atoms with E-state index >= 15 is 0 Å². The van der Waals surface area contributed by atoms with Gasteiger partial charge in [0.05, 0.1) is 0 Å². The molecule has 0 amide bonds. The zero-order chi connectivity index (χ0) is 11.6. The van der Waals surface area contributed by atoms with Crippen LogP contribution in [0.2, 0.25) is 0 Å². The maximum Gasteiger partial charge on any atom is 0.0462 e. The Morgan fingerprint density at radius 3 is 2.94 bits per heavy atom. The molecule has 1 aliphatic heterocycles. The highest BCUT2D eigenvalue weighted by Crippen LogP contribution is 2.06. The molecule has 16 heavy (non-hydrogen) atoms. The minimum atomic E-state index is 0.710. The Morgan fingerprint density at radius 2 is 2.19 bits per heavy atom. The van der Waals surface area contributed by atoms with Gasteiger partial charge < -0.3 is 15.0 Å². The summed E-state index contributed by atoms with van der Waals surface area (Å²) in [6, 6.07) is 0.710. The Labute approximate surface area is 101 Å². The zero-order valence-corrected chi connectivity index (χ0v) is 11.0. The molecule has 96 valence electrons. The molecule has 0 aromatic carbocycles. The van der Waals surface area contributed by atoms with Crippen molar-refractivity contribution < 1.29 is 4.74 Å². The van der Waals surface area contributed by atoms with E-state index in [2.05, 4.69) is 17.1 Å². The van der Waals surface area contributed by atoms with Crippen LogP contribution in [0.4, 0.5) is 0 Å². The van der Waals surface area contributed by atoms with Gasteiger partial charge in [0, 0.05) is 26.3 Å². The van der Waals surface area contributed by atoms with Crippen molar-refractivity contribution >= 4 is 0 Å². The van der Waals surface area contributed by atoms with Crippen LogP contribution in [0.5, 0.6) is 0 Å². The number of methoxy groups -OCH3 is 1. The Kier molecular flexibility index (Phi) is 7.81. The fourth-order valence-corrected chi connectivity index (χ4v) is 2.31. The minimum absolute atomic E-state index is 0.710. The second kappa shape index (κ2) is 8.97. The normalized spacial score (nSPS) is 23.2. The van der Waals surface area contributed by atoms with Crippen molar-refractivity contribution in [3.63, 3.8) is 0 Å². The topological polar surface area (TPSA) is 24.5 Å². The van der Waals surface area contributed by atoms with Crippen LogP contribution in [-0.2, 0) is 4.74 Å². The second-order valence-electron chi connectivity index (χ2n) is 4.77. The highest BCUT2D eigenvalue weighted by molar-refractivity contribution is 4.75. The van der Waals surface area contributed by atoms with Crippen molar-refractivity contribution in [3.05, 3.63) is 0 Å². The number of nitrogens with one attached hydrogen (secondary N) is 1. The molecule has 1 rings (SSSR count). The van der Waals surface area contributed by atoms with E-state index in [-0.39, 0.29) is 0 Å². The van der Waals surface area contributed by atoms with Crippen LogP contribution in [0.15, 0.2) is 0 Å². The Morgan fingerprint density at radius 1 is 1.31 bits per heavy atom. The van der Waals surface area contributed by atoms with E-state index in [9.17, 15) is 0 Å². The largest absolute Gasteiger partial charge is 0.385 e. The molecule has 1 atom stereocenters. The molecule has 0 aliphatic carbocycles. The van der Waals surface area contributed by atoms with Gasteiger partial charge in [-0.05, 0) is 51.7 Å². The number of hydrogen-bond acceptors (Lipinski definition) is 3. The summed E-state index contributed by atoms with van der Waals surface area (Å²) in [4.78, 5) is 2.63.